The third-order valence-corrected chi connectivity index (χ3v) is 6.61. The van der Waals surface area contributed by atoms with Crippen LogP contribution in [0.4, 0.5) is 5.69 Å². The first kappa shape index (κ1) is 24.4. The highest BCUT2D eigenvalue weighted by atomic mass is 35.5. The topological polar surface area (TPSA) is 102 Å². The lowest BCUT2D eigenvalue weighted by molar-refractivity contribution is -0.142. The molecule has 0 aliphatic rings. The van der Waals surface area contributed by atoms with Crippen LogP contribution in [0, 0.1) is 0 Å². The average Bonchev–Trinajstić information content (AvgIpc) is 2.79. The molecule has 172 valence electrons. The number of ether oxygens (including phenoxy) is 1. The predicted octanol–water partition coefficient (Wildman–Crippen LogP) is 4.61. The van der Waals surface area contributed by atoms with Crippen molar-refractivity contribution >= 4 is 39.1 Å². The van der Waals surface area contributed by atoms with Gasteiger partial charge in [-0.15, -0.1) is 0 Å². The van der Waals surface area contributed by atoms with E-state index in [2.05, 4.69) is 9.71 Å². The molecule has 0 radical (unpaired) electrons. The van der Waals surface area contributed by atoms with Crippen molar-refractivity contribution in [2.75, 3.05) is 11.3 Å². The number of benzene rings is 2. The number of nitrogens with one attached hydrogen (secondary N) is 1. The second-order valence-electron chi connectivity index (χ2n) is 8.05. The lowest BCUT2D eigenvalue weighted by Crippen LogP contribution is -2.25. The quantitative estimate of drug-likeness (QED) is 0.368. The van der Waals surface area contributed by atoms with Gasteiger partial charge in [-0.1, -0.05) is 37.6 Å². The molecule has 0 aliphatic carbocycles. The summed E-state index contributed by atoms with van der Waals surface area (Å²) < 4.78 is 33.7. The van der Waals surface area contributed by atoms with Crippen LogP contribution in [-0.2, 0) is 25.0 Å². The Balaban J connectivity index is 1.88. The van der Waals surface area contributed by atoms with Gasteiger partial charge in [-0.05, 0) is 48.0 Å². The molecule has 0 spiro atoms. The molecule has 3 aromatic rings. The van der Waals surface area contributed by atoms with E-state index in [1.807, 2.05) is 13.8 Å². The number of nitrogens with zero attached hydrogens (tertiary/aromatic N) is 1. The molecule has 1 N–H and O–H groups in total. The molecule has 0 bridgehead atoms. The number of halogens is 1. The Kier molecular flexibility index (Phi) is 7.19. The minimum Gasteiger partial charge on any atom is -0.465 e. The van der Waals surface area contributed by atoms with Crippen molar-refractivity contribution in [2.45, 2.75) is 31.1 Å². The first-order chi connectivity index (χ1) is 15.5. The summed E-state index contributed by atoms with van der Waals surface area (Å²) in [7, 11) is -4.00. The maximum atomic E-state index is 13.0. The molecular formula is C24H23ClN2O5S. The molecule has 0 saturated heterocycles. The number of ketones is 1. The normalized spacial score (nSPS) is 11.6. The van der Waals surface area contributed by atoms with Gasteiger partial charge in [-0.2, -0.15) is 0 Å². The van der Waals surface area contributed by atoms with Crippen molar-refractivity contribution in [1.82, 2.24) is 4.98 Å². The number of anilines is 1. The molecule has 1 heterocycles. The van der Waals surface area contributed by atoms with Gasteiger partial charge in [0.05, 0.1) is 10.6 Å². The minimum atomic E-state index is -4.00. The number of hydrogen-bond donors (Lipinski definition) is 1. The van der Waals surface area contributed by atoms with E-state index in [1.54, 1.807) is 12.1 Å². The molecule has 0 fully saturated rings. The van der Waals surface area contributed by atoms with E-state index in [0.29, 0.717) is 10.6 Å². The SMILES string of the molecule is CC(=O)OCC(C)(C)c1ccc(S(=O)(=O)Nc2ccc(Cl)cc2C(=O)c2ccncc2)cc1. The largest absolute Gasteiger partial charge is 0.465 e. The Morgan fingerprint density at radius 1 is 1.03 bits per heavy atom. The van der Waals surface area contributed by atoms with E-state index in [4.69, 9.17) is 16.3 Å². The molecule has 9 heteroatoms. The van der Waals surface area contributed by atoms with Gasteiger partial charge >= 0.3 is 5.97 Å². The molecule has 7 nitrogen and oxygen atoms in total. The Labute approximate surface area is 197 Å². The summed E-state index contributed by atoms with van der Waals surface area (Å²) in [6, 6.07) is 13.7. The fourth-order valence-electron chi connectivity index (χ4n) is 3.11. The van der Waals surface area contributed by atoms with Gasteiger partial charge in [0.1, 0.15) is 6.61 Å². The molecule has 2 aromatic carbocycles. The van der Waals surface area contributed by atoms with Gasteiger partial charge < -0.3 is 4.74 Å². The molecular weight excluding hydrogens is 464 g/mol. The number of carbonyl (C=O) groups is 2. The zero-order chi connectivity index (χ0) is 24.2. The van der Waals surface area contributed by atoms with Crippen LogP contribution in [0.1, 0.15) is 42.3 Å². The van der Waals surface area contributed by atoms with E-state index < -0.39 is 15.4 Å². The summed E-state index contributed by atoms with van der Waals surface area (Å²) >= 11 is 6.07. The predicted molar refractivity (Wildman–Crippen MR) is 126 cm³/mol. The molecule has 0 amide bonds. The number of pyridine rings is 1. The summed E-state index contributed by atoms with van der Waals surface area (Å²) in [6.45, 7) is 5.28. The first-order valence-corrected chi connectivity index (χ1v) is 11.9. The first-order valence-electron chi connectivity index (χ1n) is 10.0. The smallest absolute Gasteiger partial charge is 0.302 e. The Hall–Kier alpha value is -3.23. The lowest BCUT2D eigenvalue weighted by atomic mass is 9.86. The van der Waals surface area contributed by atoms with E-state index in [-0.39, 0.29) is 34.5 Å². The van der Waals surface area contributed by atoms with Crippen LogP contribution in [0.25, 0.3) is 0 Å². The van der Waals surface area contributed by atoms with Crippen LogP contribution in [0.5, 0.6) is 0 Å². The fraction of sp³-hybridized carbons (Fsp3) is 0.208. The molecule has 33 heavy (non-hydrogen) atoms. The average molecular weight is 487 g/mol. The summed E-state index contributed by atoms with van der Waals surface area (Å²) in [6.07, 6.45) is 2.96. The van der Waals surface area contributed by atoms with E-state index >= 15 is 0 Å². The second-order valence-corrected chi connectivity index (χ2v) is 10.2. The summed E-state index contributed by atoms with van der Waals surface area (Å²) in [5.74, 6) is -0.772. The van der Waals surface area contributed by atoms with Crippen LogP contribution in [-0.4, -0.2) is 31.8 Å². The number of hydrogen-bond acceptors (Lipinski definition) is 6. The molecule has 0 atom stereocenters. The maximum absolute atomic E-state index is 13.0. The van der Waals surface area contributed by atoms with Crippen molar-refractivity contribution in [3.63, 3.8) is 0 Å². The Morgan fingerprint density at radius 3 is 2.27 bits per heavy atom. The highest BCUT2D eigenvalue weighted by Crippen LogP contribution is 2.28. The van der Waals surface area contributed by atoms with Crippen molar-refractivity contribution in [1.29, 1.82) is 0 Å². The highest BCUT2D eigenvalue weighted by Gasteiger charge is 2.24. The Morgan fingerprint density at radius 2 is 1.67 bits per heavy atom. The van der Waals surface area contributed by atoms with Gasteiger partial charge in [0.15, 0.2) is 5.78 Å². The third-order valence-electron chi connectivity index (χ3n) is 5.00. The van der Waals surface area contributed by atoms with Gasteiger partial charge in [0.2, 0.25) is 0 Å². The minimum absolute atomic E-state index is 0.0202. The van der Waals surface area contributed by atoms with Crippen molar-refractivity contribution < 1.29 is 22.7 Å². The van der Waals surface area contributed by atoms with Gasteiger partial charge in [-0.3, -0.25) is 19.3 Å². The van der Waals surface area contributed by atoms with Crippen molar-refractivity contribution in [2.24, 2.45) is 0 Å². The molecule has 0 unspecified atom stereocenters. The van der Waals surface area contributed by atoms with Crippen molar-refractivity contribution in [3.8, 4) is 0 Å². The van der Waals surface area contributed by atoms with E-state index in [1.165, 1.54) is 61.8 Å². The molecule has 0 aliphatic heterocycles. The number of aromatic nitrogens is 1. The van der Waals surface area contributed by atoms with E-state index in [0.717, 1.165) is 5.56 Å². The summed E-state index contributed by atoms with van der Waals surface area (Å²) in [5.41, 5.74) is 0.897. The standard InChI is InChI=1S/C24H23ClN2O5S/c1-16(28)32-15-24(2,3)18-4-7-20(8-5-18)33(30,31)27-22-9-6-19(25)14-21(22)23(29)17-10-12-26-13-11-17/h4-14,27H,15H2,1-3H3. The van der Waals surface area contributed by atoms with Crippen molar-refractivity contribution in [3.05, 3.63) is 88.7 Å². The number of carbonyl (C=O) groups excluding carboxylic acids is 2. The number of rotatable bonds is 8. The molecule has 0 saturated carbocycles. The zero-order valence-electron chi connectivity index (χ0n) is 18.3. The van der Waals surface area contributed by atoms with Gasteiger partial charge in [0.25, 0.3) is 10.0 Å². The number of sulfonamides is 1. The van der Waals surface area contributed by atoms with E-state index in [9.17, 15) is 18.0 Å². The van der Waals surface area contributed by atoms with Crippen LogP contribution >= 0.6 is 11.6 Å². The molecule has 1 aromatic heterocycles. The monoisotopic (exact) mass is 486 g/mol. The Bertz CT molecular complexity index is 1270. The maximum Gasteiger partial charge on any atom is 0.302 e. The molecule has 3 rings (SSSR count). The fourth-order valence-corrected chi connectivity index (χ4v) is 4.36. The second kappa shape index (κ2) is 9.72. The van der Waals surface area contributed by atoms with Crippen LogP contribution < -0.4 is 4.72 Å². The lowest BCUT2D eigenvalue weighted by Gasteiger charge is -2.24. The number of esters is 1. The van der Waals surface area contributed by atoms with Crippen LogP contribution in [0.2, 0.25) is 5.02 Å². The summed E-state index contributed by atoms with van der Waals surface area (Å²) in [4.78, 5) is 28.0. The third kappa shape index (κ3) is 5.97. The summed E-state index contributed by atoms with van der Waals surface area (Å²) in [5, 5.41) is 0.301. The van der Waals surface area contributed by atoms with Crippen LogP contribution in [0.15, 0.2) is 71.9 Å². The highest BCUT2D eigenvalue weighted by molar-refractivity contribution is 7.92. The van der Waals surface area contributed by atoms with Crippen LogP contribution in [0.3, 0.4) is 0 Å². The van der Waals surface area contributed by atoms with Gasteiger partial charge in [-0.25, -0.2) is 8.42 Å². The van der Waals surface area contributed by atoms with Gasteiger partial charge in [0, 0.05) is 40.9 Å². The zero-order valence-corrected chi connectivity index (χ0v) is 19.9.